The summed E-state index contributed by atoms with van der Waals surface area (Å²) in [5.74, 6) is -1.43. The molecule has 0 spiro atoms. The monoisotopic (exact) mass is 722 g/mol. The number of unbranched alkanes of at least 4 members (excludes halogenated alkanes) is 12. The number of rotatable bonds is 21. The van der Waals surface area contributed by atoms with Gasteiger partial charge in [0.15, 0.2) is 10.8 Å². The Labute approximate surface area is 304 Å². The molecule has 1 unspecified atom stereocenters. The lowest BCUT2D eigenvalue weighted by Gasteiger charge is -2.39. The van der Waals surface area contributed by atoms with E-state index in [0.717, 1.165) is 51.6 Å². The van der Waals surface area contributed by atoms with Gasteiger partial charge in [0.25, 0.3) is 0 Å². The molecule has 51 heavy (non-hydrogen) atoms. The Hall–Kier alpha value is -3.84. The molecule has 0 saturated carbocycles. The third-order valence-corrected chi connectivity index (χ3v) is 10.7. The third kappa shape index (κ3) is 10.8. The highest BCUT2D eigenvalue weighted by molar-refractivity contribution is 7.12. The Kier molecular flexibility index (Phi) is 14.8. The zero-order valence-electron chi connectivity index (χ0n) is 30.0. The number of aromatic carboxylic acids is 1. The Morgan fingerprint density at radius 3 is 2.27 bits per heavy atom. The molecule has 1 atom stereocenters. The lowest BCUT2D eigenvalue weighted by molar-refractivity contribution is -0.126. The number of ether oxygens (including phenoxy) is 1. The van der Waals surface area contributed by atoms with Crippen molar-refractivity contribution in [3.8, 4) is 5.13 Å². The molecule has 0 radical (unpaired) electrons. The first-order valence-corrected chi connectivity index (χ1v) is 19.9. The van der Waals surface area contributed by atoms with Crippen LogP contribution in [-0.4, -0.2) is 69.8 Å². The number of hydrogen-bond acceptors (Lipinski definition) is 9. The highest BCUT2D eigenvalue weighted by atomic mass is 32.1. The zero-order chi connectivity index (χ0) is 36.0. The van der Waals surface area contributed by atoms with Gasteiger partial charge in [-0.05, 0) is 25.7 Å². The number of pyridine rings is 2. The molecule has 2 fully saturated rings. The molecule has 13 heteroatoms. The highest BCUT2D eigenvalue weighted by Gasteiger charge is 2.35. The van der Waals surface area contributed by atoms with Crippen LogP contribution in [0.25, 0.3) is 16.2 Å². The van der Waals surface area contributed by atoms with Gasteiger partial charge in [-0.15, -0.1) is 11.3 Å². The van der Waals surface area contributed by atoms with Crippen LogP contribution in [0.4, 0.5) is 11.5 Å². The number of nitrogens with one attached hydrogen (secondary N) is 2. The second kappa shape index (κ2) is 19.7. The summed E-state index contributed by atoms with van der Waals surface area (Å²) < 4.78 is 7.23. The maximum Gasteiger partial charge on any atom is 0.341 e. The Balaban J connectivity index is 1.22. The number of carbonyl (C=O) groups excluding carboxylic acids is 2. The van der Waals surface area contributed by atoms with Crippen LogP contribution < -0.4 is 21.0 Å². The van der Waals surface area contributed by atoms with E-state index in [-0.39, 0.29) is 47.0 Å². The van der Waals surface area contributed by atoms with Gasteiger partial charge in [0.2, 0.25) is 17.2 Å². The minimum Gasteiger partial charge on any atom is -0.477 e. The molecule has 12 nitrogen and oxygen atoms in total. The summed E-state index contributed by atoms with van der Waals surface area (Å²) in [6, 6.07) is 1.62. The SMILES string of the molecule is CCCCCCCCCCCCCCCC(=O)Nc1cc(N2CC(C(=O)NCC3CCCCO3)C2)nc2c1c(=O)c(C(=O)O)cn2-c1nccs1. The van der Waals surface area contributed by atoms with E-state index >= 15 is 0 Å². The number of aromatic nitrogens is 3. The number of thiazole rings is 1. The quantitative estimate of drug-likeness (QED) is 0.0978. The number of hydrogen-bond donors (Lipinski definition) is 3. The molecule has 3 aromatic heterocycles. The van der Waals surface area contributed by atoms with E-state index in [1.807, 2.05) is 4.90 Å². The maximum atomic E-state index is 13.6. The normalized spacial score (nSPS) is 16.3. The van der Waals surface area contributed by atoms with E-state index in [1.54, 1.807) is 17.6 Å². The number of carboxylic acids is 1. The van der Waals surface area contributed by atoms with Crippen molar-refractivity contribution in [1.82, 2.24) is 19.9 Å². The lowest BCUT2D eigenvalue weighted by atomic mass is 9.98. The van der Waals surface area contributed by atoms with E-state index in [9.17, 15) is 24.3 Å². The van der Waals surface area contributed by atoms with Gasteiger partial charge < -0.3 is 25.4 Å². The van der Waals surface area contributed by atoms with Crippen molar-refractivity contribution in [2.75, 3.05) is 36.5 Å². The third-order valence-electron chi connectivity index (χ3n) is 9.94. The largest absolute Gasteiger partial charge is 0.477 e. The first-order chi connectivity index (χ1) is 24.9. The van der Waals surface area contributed by atoms with Crippen LogP contribution in [0.1, 0.15) is 126 Å². The fourth-order valence-electron chi connectivity index (χ4n) is 6.87. The van der Waals surface area contributed by atoms with Crippen molar-refractivity contribution >= 4 is 51.7 Å². The second-order valence-corrected chi connectivity index (χ2v) is 14.8. The number of carboxylic acid groups (broad SMARTS) is 1. The van der Waals surface area contributed by atoms with Gasteiger partial charge in [-0.25, -0.2) is 14.8 Å². The van der Waals surface area contributed by atoms with Gasteiger partial charge >= 0.3 is 5.97 Å². The molecule has 2 aliphatic rings. The average Bonchev–Trinajstić information content (AvgIpc) is 3.64. The van der Waals surface area contributed by atoms with Crippen molar-refractivity contribution in [3.05, 3.63) is 39.6 Å². The summed E-state index contributed by atoms with van der Waals surface area (Å²) in [4.78, 5) is 63.0. The predicted molar refractivity (Wildman–Crippen MR) is 201 cm³/mol. The zero-order valence-corrected chi connectivity index (χ0v) is 30.8. The lowest BCUT2D eigenvalue weighted by Crippen LogP contribution is -2.55. The molecule has 2 amide bonds. The van der Waals surface area contributed by atoms with Gasteiger partial charge in [0.05, 0.1) is 23.1 Å². The topological polar surface area (TPSA) is 156 Å². The molecule has 5 rings (SSSR count). The van der Waals surface area contributed by atoms with Crippen molar-refractivity contribution in [2.24, 2.45) is 5.92 Å². The van der Waals surface area contributed by atoms with Crippen LogP contribution in [0.15, 0.2) is 28.6 Å². The highest BCUT2D eigenvalue weighted by Crippen LogP contribution is 2.31. The average molecular weight is 723 g/mol. The molecular formula is C38H54N6O6S. The number of nitrogens with zero attached hydrogens (tertiary/aromatic N) is 4. The maximum absolute atomic E-state index is 13.6. The van der Waals surface area contributed by atoms with Crippen LogP contribution in [-0.2, 0) is 14.3 Å². The van der Waals surface area contributed by atoms with Gasteiger partial charge in [-0.1, -0.05) is 84.0 Å². The molecule has 3 aromatic rings. The van der Waals surface area contributed by atoms with Gasteiger partial charge in [-0.3, -0.25) is 19.0 Å². The summed E-state index contributed by atoms with van der Waals surface area (Å²) in [7, 11) is 0. The van der Waals surface area contributed by atoms with E-state index in [4.69, 9.17) is 9.72 Å². The molecule has 2 saturated heterocycles. The summed E-state index contributed by atoms with van der Waals surface area (Å²) >= 11 is 1.27. The number of fused-ring (bicyclic) bond motifs is 1. The van der Waals surface area contributed by atoms with Crippen molar-refractivity contribution in [1.29, 1.82) is 0 Å². The molecular weight excluding hydrogens is 669 g/mol. The summed E-state index contributed by atoms with van der Waals surface area (Å²) in [6.07, 6.45) is 21.9. The van der Waals surface area contributed by atoms with Crippen LogP contribution in [0.2, 0.25) is 0 Å². The molecule has 5 heterocycles. The molecule has 3 N–H and O–H groups in total. The second-order valence-electron chi connectivity index (χ2n) is 14.0. The Morgan fingerprint density at radius 1 is 0.980 bits per heavy atom. The fourth-order valence-corrected chi connectivity index (χ4v) is 7.49. The first-order valence-electron chi connectivity index (χ1n) is 19.0. The van der Waals surface area contributed by atoms with Crippen LogP contribution in [0, 0.1) is 5.92 Å². The minimum atomic E-state index is -1.38. The van der Waals surface area contributed by atoms with Crippen molar-refractivity contribution < 1.29 is 24.2 Å². The summed E-state index contributed by atoms with van der Waals surface area (Å²) in [6.45, 7) is 4.29. The Morgan fingerprint density at radius 2 is 1.67 bits per heavy atom. The molecule has 278 valence electrons. The Bertz CT molecular complexity index is 1650. The number of carbonyl (C=O) groups is 3. The minimum absolute atomic E-state index is 0.00913. The summed E-state index contributed by atoms with van der Waals surface area (Å²) in [5.41, 5.74) is -0.778. The molecule has 0 aliphatic carbocycles. The predicted octanol–water partition coefficient (Wildman–Crippen LogP) is 7.08. The molecule has 0 bridgehead atoms. The smallest absolute Gasteiger partial charge is 0.341 e. The van der Waals surface area contributed by atoms with Crippen LogP contribution in [0.3, 0.4) is 0 Å². The molecule has 0 aromatic carbocycles. The first kappa shape index (κ1) is 38.4. The van der Waals surface area contributed by atoms with Gasteiger partial charge in [0.1, 0.15) is 11.4 Å². The standard InChI is InChI=1S/C38H54N6O6S/c1-2-3-4-5-6-7-8-9-10-11-12-13-14-18-32(45)41-30-22-31(43-24-27(25-43)36(47)40-23-28-17-15-16-20-50-28)42-35-33(30)34(46)29(37(48)49)26-44(35)38-39-19-21-51-38/h19,21-22,26-28H,2-18,20,23-25H2,1H3,(H,40,47)(H,48,49)(H,41,42,45). The van der Waals surface area contributed by atoms with Gasteiger partial charge in [-0.2, -0.15) is 0 Å². The van der Waals surface area contributed by atoms with Crippen molar-refractivity contribution in [2.45, 2.75) is 122 Å². The van der Waals surface area contributed by atoms with E-state index in [2.05, 4.69) is 22.5 Å². The summed E-state index contributed by atoms with van der Waals surface area (Å²) in [5, 5.41) is 18.0. The van der Waals surface area contributed by atoms with E-state index < -0.39 is 17.0 Å². The number of amides is 2. The van der Waals surface area contributed by atoms with Crippen LogP contribution >= 0.6 is 11.3 Å². The van der Waals surface area contributed by atoms with Crippen LogP contribution in [0.5, 0.6) is 0 Å². The fraction of sp³-hybridized carbons (Fsp3) is 0.632. The molecule has 2 aliphatic heterocycles. The van der Waals surface area contributed by atoms with E-state index in [1.165, 1.54) is 79.9 Å². The van der Waals surface area contributed by atoms with E-state index in [0.29, 0.717) is 30.6 Å². The van der Waals surface area contributed by atoms with Gasteiger partial charge in [0, 0.05) is 56.5 Å². The van der Waals surface area contributed by atoms with Crippen molar-refractivity contribution in [3.63, 3.8) is 0 Å². The number of anilines is 2.